The van der Waals surface area contributed by atoms with E-state index in [-0.39, 0.29) is 17.2 Å². The van der Waals surface area contributed by atoms with Crippen LogP contribution in [0, 0.1) is 0 Å². The molecule has 2 aromatic rings. The molecule has 0 saturated heterocycles. The molecule has 130 valence electrons. The first-order chi connectivity index (χ1) is 12.0. The van der Waals surface area contributed by atoms with Crippen molar-refractivity contribution < 1.29 is 4.79 Å². The number of anilines is 1. The normalized spacial score (nSPS) is 20.2. The van der Waals surface area contributed by atoms with Gasteiger partial charge in [-0.2, -0.15) is 0 Å². The van der Waals surface area contributed by atoms with E-state index in [2.05, 4.69) is 43.0 Å². The summed E-state index contributed by atoms with van der Waals surface area (Å²) in [6.07, 6.45) is 2.71. The Morgan fingerprint density at radius 2 is 1.76 bits per heavy atom. The topological polar surface area (TPSA) is 20.3 Å². The van der Waals surface area contributed by atoms with Gasteiger partial charge in [-0.1, -0.05) is 47.5 Å². The first-order valence-electron chi connectivity index (χ1n) is 8.81. The van der Waals surface area contributed by atoms with Crippen LogP contribution in [0.5, 0.6) is 0 Å². The summed E-state index contributed by atoms with van der Waals surface area (Å²) in [5, 5.41) is 0.878. The number of rotatable bonds is 4. The van der Waals surface area contributed by atoms with Gasteiger partial charge in [0.05, 0.1) is 15.6 Å². The molecule has 0 radical (unpaired) electrons. The smallest absolute Gasteiger partial charge is 0.166 e. The van der Waals surface area contributed by atoms with Crippen molar-refractivity contribution in [3.8, 4) is 0 Å². The van der Waals surface area contributed by atoms with Gasteiger partial charge in [0.25, 0.3) is 0 Å². The van der Waals surface area contributed by atoms with Crippen LogP contribution in [0.2, 0.25) is 10.0 Å². The van der Waals surface area contributed by atoms with Gasteiger partial charge in [-0.15, -0.1) is 0 Å². The van der Waals surface area contributed by atoms with Gasteiger partial charge >= 0.3 is 0 Å². The lowest BCUT2D eigenvalue weighted by atomic mass is 9.86. The van der Waals surface area contributed by atoms with Crippen molar-refractivity contribution in [1.82, 2.24) is 0 Å². The van der Waals surface area contributed by atoms with Crippen molar-refractivity contribution in [2.24, 2.45) is 0 Å². The number of para-hydroxylation sites is 1. The number of carbonyl (C=O) groups is 1. The third-order valence-electron chi connectivity index (χ3n) is 5.61. The molecule has 1 spiro atoms. The maximum Gasteiger partial charge on any atom is 0.166 e. The lowest BCUT2D eigenvalue weighted by molar-refractivity contribution is 0.0969. The molecule has 1 heterocycles. The fraction of sp³-hybridized carbons (Fsp3) is 0.381. The van der Waals surface area contributed by atoms with Crippen LogP contribution >= 0.6 is 23.2 Å². The highest BCUT2D eigenvalue weighted by Gasteiger charge is 2.60. The summed E-state index contributed by atoms with van der Waals surface area (Å²) in [5.41, 5.74) is 3.10. The van der Waals surface area contributed by atoms with Crippen molar-refractivity contribution in [1.29, 1.82) is 0 Å². The molecule has 0 amide bonds. The van der Waals surface area contributed by atoms with Crippen LogP contribution < -0.4 is 4.90 Å². The van der Waals surface area contributed by atoms with Crippen LogP contribution in [-0.4, -0.2) is 17.4 Å². The van der Waals surface area contributed by atoms with Gasteiger partial charge in [0, 0.05) is 29.6 Å². The van der Waals surface area contributed by atoms with Crippen LogP contribution in [0.15, 0.2) is 42.5 Å². The molecule has 0 aromatic heterocycles. The van der Waals surface area contributed by atoms with Crippen molar-refractivity contribution in [2.75, 3.05) is 4.90 Å². The molecule has 2 aliphatic rings. The van der Waals surface area contributed by atoms with E-state index in [9.17, 15) is 4.79 Å². The third-order valence-corrected chi connectivity index (χ3v) is 6.24. The van der Waals surface area contributed by atoms with Crippen LogP contribution in [0.3, 0.4) is 0 Å². The molecule has 25 heavy (non-hydrogen) atoms. The summed E-state index contributed by atoms with van der Waals surface area (Å²) in [7, 11) is 0. The summed E-state index contributed by atoms with van der Waals surface area (Å²) in [5.74, 6) is 0.234. The van der Waals surface area contributed by atoms with Crippen LogP contribution in [0.4, 0.5) is 5.69 Å². The molecule has 1 atom stereocenters. The standard InChI is InChI=1S/C21H21Cl2NO/c1-13(2)24-18-9-4-3-6-14(18)15(21(24)10-11-21)12-19(25)20-16(22)7-5-8-17(20)23/h3-9,13,15H,10-12H2,1-2H3. The van der Waals surface area contributed by atoms with Crippen molar-refractivity contribution in [3.63, 3.8) is 0 Å². The van der Waals surface area contributed by atoms with Crippen molar-refractivity contribution >= 4 is 34.7 Å². The SMILES string of the molecule is CC(C)N1c2ccccc2C(CC(=O)c2c(Cl)cccc2Cl)C12CC2. The second kappa shape index (κ2) is 6.03. The van der Waals surface area contributed by atoms with Gasteiger partial charge < -0.3 is 4.90 Å². The Morgan fingerprint density at radius 3 is 2.36 bits per heavy atom. The molecule has 1 unspecified atom stereocenters. The van der Waals surface area contributed by atoms with Gasteiger partial charge in [-0.05, 0) is 50.5 Å². The predicted octanol–water partition coefficient (Wildman–Crippen LogP) is 6.11. The molecule has 2 aromatic carbocycles. The minimum Gasteiger partial charge on any atom is -0.363 e. The average molecular weight is 374 g/mol. The number of halogens is 2. The predicted molar refractivity (Wildman–Crippen MR) is 104 cm³/mol. The van der Waals surface area contributed by atoms with Crippen molar-refractivity contribution in [2.45, 2.75) is 50.6 Å². The van der Waals surface area contributed by atoms with Gasteiger partial charge in [0.2, 0.25) is 0 Å². The highest BCUT2D eigenvalue weighted by Crippen LogP contribution is 2.62. The molecule has 2 nitrogen and oxygen atoms in total. The van der Waals surface area contributed by atoms with E-state index in [1.54, 1.807) is 18.2 Å². The van der Waals surface area contributed by atoms with Gasteiger partial charge in [0.1, 0.15) is 0 Å². The molecule has 4 rings (SSSR count). The Labute approximate surface area is 158 Å². The Bertz CT molecular complexity index is 821. The van der Waals surface area contributed by atoms with Crippen LogP contribution in [0.1, 0.15) is 54.9 Å². The number of carbonyl (C=O) groups excluding carboxylic acids is 1. The van der Waals surface area contributed by atoms with E-state index in [1.165, 1.54) is 11.3 Å². The third kappa shape index (κ3) is 2.58. The summed E-state index contributed by atoms with van der Waals surface area (Å²) < 4.78 is 0. The molecule has 4 heteroatoms. The fourth-order valence-corrected chi connectivity index (χ4v) is 5.17. The van der Waals surface area contributed by atoms with Gasteiger partial charge in [-0.3, -0.25) is 4.79 Å². The number of hydrogen-bond acceptors (Lipinski definition) is 2. The first-order valence-corrected chi connectivity index (χ1v) is 9.57. The largest absolute Gasteiger partial charge is 0.363 e. The molecule has 1 saturated carbocycles. The lowest BCUT2D eigenvalue weighted by Crippen LogP contribution is -2.41. The number of benzene rings is 2. The maximum absolute atomic E-state index is 13.1. The first kappa shape index (κ1) is 16.9. The zero-order valence-corrected chi connectivity index (χ0v) is 15.9. The van der Waals surface area contributed by atoms with Crippen LogP contribution in [0.25, 0.3) is 0 Å². The Morgan fingerprint density at radius 1 is 1.12 bits per heavy atom. The minimum atomic E-state index is 0.0345. The molecular formula is C21H21Cl2NO. The number of nitrogens with zero attached hydrogens (tertiary/aromatic N) is 1. The summed E-state index contributed by atoms with van der Waals surface area (Å²) in [6.45, 7) is 4.46. The highest BCUT2D eigenvalue weighted by atomic mass is 35.5. The zero-order valence-electron chi connectivity index (χ0n) is 14.4. The monoisotopic (exact) mass is 373 g/mol. The fourth-order valence-electron chi connectivity index (χ4n) is 4.56. The molecule has 1 fully saturated rings. The zero-order chi connectivity index (χ0) is 17.8. The Hall–Kier alpha value is -1.51. The molecule has 1 aliphatic heterocycles. The molecule has 1 aliphatic carbocycles. The summed E-state index contributed by atoms with van der Waals surface area (Å²) in [6, 6.07) is 14.2. The summed E-state index contributed by atoms with van der Waals surface area (Å²) >= 11 is 12.5. The maximum atomic E-state index is 13.1. The number of fused-ring (bicyclic) bond motifs is 1. The van der Waals surface area contributed by atoms with E-state index >= 15 is 0 Å². The minimum absolute atomic E-state index is 0.0345. The average Bonchev–Trinajstić information content (AvgIpc) is 3.28. The van der Waals surface area contributed by atoms with E-state index < -0.39 is 0 Å². The molecular weight excluding hydrogens is 353 g/mol. The number of ketones is 1. The second-order valence-electron chi connectivity index (χ2n) is 7.40. The van der Waals surface area contributed by atoms with E-state index in [4.69, 9.17) is 23.2 Å². The Balaban J connectivity index is 1.72. The van der Waals surface area contributed by atoms with Crippen molar-refractivity contribution in [3.05, 3.63) is 63.6 Å². The highest BCUT2D eigenvalue weighted by molar-refractivity contribution is 6.39. The molecule has 0 bridgehead atoms. The summed E-state index contributed by atoms with van der Waals surface area (Å²) in [4.78, 5) is 15.6. The van der Waals surface area contributed by atoms with E-state index in [0.29, 0.717) is 28.1 Å². The second-order valence-corrected chi connectivity index (χ2v) is 8.22. The number of Topliss-reactive ketones (excluding diaryl/α,β-unsaturated/α-hetero) is 1. The van der Waals surface area contributed by atoms with E-state index in [1.807, 2.05) is 0 Å². The van der Waals surface area contributed by atoms with Gasteiger partial charge in [0.15, 0.2) is 5.78 Å². The van der Waals surface area contributed by atoms with Gasteiger partial charge in [-0.25, -0.2) is 0 Å². The number of hydrogen-bond donors (Lipinski definition) is 0. The molecule has 0 N–H and O–H groups in total. The lowest BCUT2D eigenvalue weighted by Gasteiger charge is -2.34. The quantitative estimate of drug-likeness (QED) is 0.602. The van der Waals surface area contributed by atoms with Crippen LogP contribution in [-0.2, 0) is 0 Å². The van der Waals surface area contributed by atoms with E-state index in [0.717, 1.165) is 12.8 Å². The Kier molecular flexibility index (Phi) is 4.09.